The Morgan fingerprint density at radius 3 is 2.70 bits per heavy atom. The summed E-state index contributed by atoms with van der Waals surface area (Å²) < 4.78 is 0. The molecule has 1 aromatic carbocycles. The molecule has 1 atom stereocenters. The van der Waals surface area contributed by atoms with Crippen LogP contribution in [0.2, 0.25) is 0 Å². The minimum absolute atomic E-state index is 0.137. The fraction of sp³-hybridized carbons (Fsp3) is 0.381. The Bertz CT molecular complexity index is 861. The normalized spacial score (nSPS) is 18.7. The van der Waals surface area contributed by atoms with Crippen molar-refractivity contribution in [2.75, 3.05) is 22.2 Å². The fourth-order valence-corrected chi connectivity index (χ4v) is 3.58. The number of aromatic nitrogens is 1. The number of para-hydroxylation sites is 2. The molecule has 4 rings (SSSR count). The summed E-state index contributed by atoms with van der Waals surface area (Å²) in [4.78, 5) is 34.2. The van der Waals surface area contributed by atoms with E-state index in [4.69, 9.17) is 0 Å². The van der Waals surface area contributed by atoms with Gasteiger partial charge >= 0.3 is 0 Å². The lowest BCUT2D eigenvalue weighted by Gasteiger charge is -2.36. The summed E-state index contributed by atoms with van der Waals surface area (Å²) in [7, 11) is 2.03. The lowest BCUT2D eigenvalue weighted by molar-refractivity contribution is -0.117. The highest BCUT2D eigenvalue weighted by atomic mass is 16.2. The van der Waals surface area contributed by atoms with E-state index in [1.54, 1.807) is 11.1 Å². The van der Waals surface area contributed by atoms with E-state index < -0.39 is 6.04 Å². The van der Waals surface area contributed by atoms with Crippen LogP contribution >= 0.6 is 0 Å². The van der Waals surface area contributed by atoms with E-state index in [1.807, 2.05) is 50.4 Å². The number of carbonyl (C=O) groups excluding carboxylic acids is 2. The Kier molecular flexibility index (Phi) is 4.56. The van der Waals surface area contributed by atoms with Gasteiger partial charge in [-0.3, -0.25) is 14.5 Å². The molecule has 1 aromatic heterocycles. The highest BCUT2D eigenvalue weighted by Gasteiger charge is 2.36. The number of anilines is 3. The van der Waals surface area contributed by atoms with Crippen LogP contribution in [0.4, 0.5) is 17.2 Å². The van der Waals surface area contributed by atoms with Crippen molar-refractivity contribution in [2.45, 2.75) is 44.7 Å². The molecule has 2 aliphatic rings. The van der Waals surface area contributed by atoms with Crippen LogP contribution in [0.25, 0.3) is 0 Å². The first-order chi connectivity index (χ1) is 13.1. The predicted molar refractivity (Wildman–Crippen MR) is 106 cm³/mol. The number of fused-ring (bicyclic) bond motifs is 1. The molecule has 2 aromatic rings. The zero-order valence-electron chi connectivity index (χ0n) is 15.7. The molecular formula is C21H24N4O2. The van der Waals surface area contributed by atoms with Crippen molar-refractivity contribution in [1.29, 1.82) is 0 Å². The van der Waals surface area contributed by atoms with Crippen LogP contribution in [0.3, 0.4) is 0 Å². The molecule has 27 heavy (non-hydrogen) atoms. The van der Waals surface area contributed by atoms with E-state index >= 15 is 0 Å². The van der Waals surface area contributed by atoms with Gasteiger partial charge in [-0.25, -0.2) is 4.98 Å². The second kappa shape index (κ2) is 7.02. The van der Waals surface area contributed by atoms with Crippen LogP contribution in [0.5, 0.6) is 0 Å². The first-order valence-corrected chi connectivity index (χ1v) is 9.52. The van der Waals surface area contributed by atoms with E-state index in [0.717, 1.165) is 17.9 Å². The molecule has 0 saturated heterocycles. The van der Waals surface area contributed by atoms with Gasteiger partial charge in [-0.05, 0) is 43.5 Å². The largest absolute Gasteiger partial charge is 0.357 e. The van der Waals surface area contributed by atoms with E-state index in [0.29, 0.717) is 23.7 Å². The Balaban J connectivity index is 1.66. The third-order valence-corrected chi connectivity index (χ3v) is 5.27. The molecule has 0 bridgehead atoms. The maximum atomic E-state index is 13.3. The zero-order chi connectivity index (χ0) is 19.0. The summed E-state index contributed by atoms with van der Waals surface area (Å²) in [5.74, 6) is 0.543. The molecule has 2 amide bonds. The van der Waals surface area contributed by atoms with Gasteiger partial charge in [0.05, 0.1) is 16.9 Å². The van der Waals surface area contributed by atoms with E-state index in [-0.39, 0.29) is 11.8 Å². The van der Waals surface area contributed by atoms with Gasteiger partial charge in [0.1, 0.15) is 11.9 Å². The predicted octanol–water partition coefficient (Wildman–Crippen LogP) is 3.45. The van der Waals surface area contributed by atoms with Crippen molar-refractivity contribution in [3.8, 4) is 0 Å². The Hall–Kier alpha value is -2.89. The molecule has 0 unspecified atom stereocenters. The van der Waals surface area contributed by atoms with Crippen LogP contribution in [-0.2, 0) is 4.79 Å². The van der Waals surface area contributed by atoms with Crippen LogP contribution in [0.15, 0.2) is 42.6 Å². The summed E-state index contributed by atoms with van der Waals surface area (Å²) in [6, 6.07) is 11.2. The van der Waals surface area contributed by atoms with Gasteiger partial charge in [-0.15, -0.1) is 0 Å². The smallest absolute Gasteiger partial charge is 0.260 e. The summed E-state index contributed by atoms with van der Waals surface area (Å²) in [6.07, 6.45) is 5.43. The number of benzene rings is 1. The quantitative estimate of drug-likeness (QED) is 0.882. The van der Waals surface area contributed by atoms with Crippen LogP contribution in [-0.4, -0.2) is 35.9 Å². The number of nitrogens with one attached hydrogen (secondary N) is 1. The number of nitrogens with zero attached hydrogens (tertiary/aromatic N) is 3. The average Bonchev–Trinajstić information content (AvgIpc) is 3.53. The molecule has 6 nitrogen and oxygen atoms in total. The van der Waals surface area contributed by atoms with Gasteiger partial charge in [0.2, 0.25) is 5.91 Å². The highest BCUT2D eigenvalue weighted by molar-refractivity contribution is 6.16. The number of amides is 2. The average molecular weight is 364 g/mol. The Labute approximate surface area is 159 Å². The van der Waals surface area contributed by atoms with Gasteiger partial charge in [-0.2, -0.15) is 0 Å². The Morgan fingerprint density at radius 2 is 2.04 bits per heavy atom. The third-order valence-electron chi connectivity index (χ3n) is 5.27. The fourth-order valence-electron chi connectivity index (χ4n) is 3.58. The van der Waals surface area contributed by atoms with E-state index in [9.17, 15) is 9.59 Å². The van der Waals surface area contributed by atoms with Crippen LogP contribution in [0, 0.1) is 0 Å². The maximum Gasteiger partial charge on any atom is 0.260 e. The molecule has 1 aliphatic carbocycles. The highest BCUT2D eigenvalue weighted by Crippen LogP contribution is 2.34. The van der Waals surface area contributed by atoms with Gasteiger partial charge in [0.25, 0.3) is 5.91 Å². The van der Waals surface area contributed by atoms with Crippen molar-refractivity contribution in [3.63, 3.8) is 0 Å². The SMILES string of the molecule is CCC[C@H]1C(=O)Nc2ccccc2N1C(=O)c1ccc(N(C)C2CC2)nc1. The minimum Gasteiger partial charge on any atom is -0.357 e. The van der Waals surface area contributed by atoms with Crippen LogP contribution < -0.4 is 15.1 Å². The van der Waals surface area contributed by atoms with E-state index in [1.165, 1.54) is 12.8 Å². The van der Waals surface area contributed by atoms with Gasteiger partial charge in [-0.1, -0.05) is 25.5 Å². The summed E-state index contributed by atoms with van der Waals surface area (Å²) in [6.45, 7) is 2.01. The standard InChI is InChI=1S/C21H24N4O2/c1-3-6-18-20(26)23-16-7-4-5-8-17(16)25(18)21(27)14-9-12-19(22-13-14)24(2)15-10-11-15/h4-5,7-9,12-13,15,18H,3,6,10-11H2,1-2H3,(H,23,26)/t18-/m0/s1. The number of pyridine rings is 1. The Morgan fingerprint density at radius 1 is 1.26 bits per heavy atom. The molecular weight excluding hydrogens is 340 g/mol. The van der Waals surface area contributed by atoms with Gasteiger partial charge in [0.15, 0.2) is 0 Å². The maximum absolute atomic E-state index is 13.3. The minimum atomic E-state index is -0.508. The molecule has 1 fully saturated rings. The summed E-state index contributed by atoms with van der Waals surface area (Å²) >= 11 is 0. The first kappa shape index (κ1) is 17.5. The molecule has 140 valence electrons. The zero-order valence-corrected chi connectivity index (χ0v) is 15.7. The van der Waals surface area contributed by atoms with E-state index in [2.05, 4.69) is 15.2 Å². The number of hydrogen-bond acceptors (Lipinski definition) is 4. The van der Waals surface area contributed by atoms with Crippen LogP contribution in [0.1, 0.15) is 43.0 Å². The molecule has 0 spiro atoms. The second-order valence-corrected chi connectivity index (χ2v) is 7.23. The van der Waals surface area contributed by atoms with Crippen molar-refractivity contribution >= 4 is 29.0 Å². The van der Waals surface area contributed by atoms with Gasteiger partial charge in [0, 0.05) is 19.3 Å². The monoisotopic (exact) mass is 364 g/mol. The van der Waals surface area contributed by atoms with Crippen molar-refractivity contribution in [3.05, 3.63) is 48.2 Å². The number of hydrogen-bond donors (Lipinski definition) is 1. The molecule has 1 N–H and O–H groups in total. The third kappa shape index (κ3) is 3.27. The summed E-state index contributed by atoms with van der Waals surface area (Å²) in [5, 5.41) is 2.92. The molecule has 1 aliphatic heterocycles. The lowest BCUT2D eigenvalue weighted by Crippen LogP contribution is -2.51. The molecule has 6 heteroatoms. The topological polar surface area (TPSA) is 65.5 Å². The first-order valence-electron chi connectivity index (χ1n) is 9.52. The summed E-state index contributed by atoms with van der Waals surface area (Å²) in [5.41, 5.74) is 1.90. The number of carbonyl (C=O) groups is 2. The van der Waals surface area contributed by atoms with Crippen molar-refractivity contribution in [1.82, 2.24) is 4.98 Å². The lowest BCUT2D eigenvalue weighted by atomic mass is 10.0. The molecule has 2 heterocycles. The number of rotatable bonds is 5. The molecule has 0 radical (unpaired) electrons. The molecule has 1 saturated carbocycles. The second-order valence-electron chi connectivity index (χ2n) is 7.23. The van der Waals surface area contributed by atoms with Crippen molar-refractivity contribution < 1.29 is 9.59 Å². The van der Waals surface area contributed by atoms with Crippen molar-refractivity contribution in [2.24, 2.45) is 0 Å². The van der Waals surface area contributed by atoms with Gasteiger partial charge < -0.3 is 10.2 Å².